The highest BCUT2D eigenvalue weighted by molar-refractivity contribution is 6.04. The number of azo groups is 1. The first-order valence-electron chi connectivity index (χ1n) is 9.85. The molecule has 1 heterocycles. The molecule has 0 unspecified atom stereocenters. The molecule has 0 aliphatic carbocycles. The van der Waals surface area contributed by atoms with E-state index in [2.05, 4.69) is 15.5 Å². The Kier molecular flexibility index (Phi) is 6.61. The number of nitrogens with one attached hydrogen (secondary N) is 1. The zero-order valence-electron chi connectivity index (χ0n) is 17.5. The van der Waals surface area contributed by atoms with E-state index >= 15 is 0 Å². The topological polar surface area (TPSA) is 83.4 Å². The van der Waals surface area contributed by atoms with E-state index in [1.165, 1.54) is 0 Å². The molecule has 3 rings (SSSR count). The molecule has 30 heavy (non-hydrogen) atoms. The zero-order valence-corrected chi connectivity index (χ0v) is 17.5. The summed E-state index contributed by atoms with van der Waals surface area (Å²) in [6.45, 7) is 6.30. The molecule has 0 saturated heterocycles. The summed E-state index contributed by atoms with van der Waals surface area (Å²) in [6.07, 6.45) is 1.89. The molecule has 1 aliphatic rings. The van der Waals surface area contributed by atoms with Crippen molar-refractivity contribution in [2.45, 2.75) is 32.8 Å². The van der Waals surface area contributed by atoms with Crippen LogP contribution in [-0.2, 0) is 9.53 Å². The minimum atomic E-state index is -0.536. The number of anilines is 1. The fourth-order valence-electron chi connectivity index (χ4n) is 2.80. The highest BCUT2D eigenvalue weighted by Crippen LogP contribution is 2.21. The van der Waals surface area contributed by atoms with E-state index < -0.39 is 5.60 Å². The van der Waals surface area contributed by atoms with E-state index in [4.69, 9.17) is 4.74 Å². The predicted molar refractivity (Wildman–Crippen MR) is 116 cm³/mol. The molecule has 0 spiro atoms. The second kappa shape index (κ2) is 9.35. The fraction of sp³-hybridized carbons (Fsp3) is 0.304. The molecule has 7 nitrogen and oxygen atoms in total. The molecule has 0 radical (unpaired) electrons. The van der Waals surface area contributed by atoms with E-state index in [9.17, 15) is 9.59 Å². The third-order valence-corrected chi connectivity index (χ3v) is 4.31. The van der Waals surface area contributed by atoms with Crippen LogP contribution in [0.1, 0.15) is 27.2 Å². The smallest absolute Gasteiger partial charge is 0.410 e. The van der Waals surface area contributed by atoms with Crippen LogP contribution in [0.25, 0.3) is 0 Å². The van der Waals surface area contributed by atoms with Gasteiger partial charge in [-0.05, 0) is 63.6 Å². The minimum absolute atomic E-state index is 0.169. The average Bonchev–Trinajstić information content (AvgIpc) is 2.73. The van der Waals surface area contributed by atoms with E-state index in [0.29, 0.717) is 36.5 Å². The van der Waals surface area contributed by atoms with Gasteiger partial charge in [-0.15, -0.1) is 0 Å². The SMILES string of the molecule is CC(C)(C)OC(=O)N1CC=C(C(=O)Nc2ccc(N=Nc3ccccc3)cc2)CC1. The van der Waals surface area contributed by atoms with Gasteiger partial charge in [0.05, 0.1) is 11.4 Å². The van der Waals surface area contributed by atoms with Crippen molar-refractivity contribution in [3.63, 3.8) is 0 Å². The molecule has 0 fully saturated rings. The first-order chi connectivity index (χ1) is 14.3. The Balaban J connectivity index is 1.53. The average molecular weight is 406 g/mol. The quantitative estimate of drug-likeness (QED) is 0.670. The van der Waals surface area contributed by atoms with Crippen molar-refractivity contribution in [1.82, 2.24) is 4.90 Å². The van der Waals surface area contributed by atoms with Gasteiger partial charge in [0.15, 0.2) is 0 Å². The molecule has 0 saturated carbocycles. The van der Waals surface area contributed by atoms with Crippen LogP contribution >= 0.6 is 0 Å². The molecular formula is C23H26N4O3. The van der Waals surface area contributed by atoms with Crippen molar-refractivity contribution in [1.29, 1.82) is 0 Å². The number of hydrogen-bond donors (Lipinski definition) is 1. The lowest BCUT2D eigenvalue weighted by Crippen LogP contribution is -2.40. The molecule has 2 amide bonds. The van der Waals surface area contributed by atoms with Crippen LogP contribution < -0.4 is 5.32 Å². The standard InChI is InChI=1S/C23H26N4O3/c1-23(2,3)30-22(29)27-15-13-17(14-16-27)21(28)24-18-9-11-20(12-10-18)26-25-19-7-5-4-6-8-19/h4-13H,14-16H2,1-3H3,(H,24,28). The van der Waals surface area contributed by atoms with Crippen LogP contribution in [0, 0.1) is 0 Å². The Labute approximate surface area is 176 Å². The van der Waals surface area contributed by atoms with Crippen LogP contribution in [0.2, 0.25) is 0 Å². The Morgan fingerprint density at radius 2 is 1.60 bits per heavy atom. The zero-order chi connectivity index (χ0) is 21.6. The van der Waals surface area contributed by atoms with Crippen LogP contribution in [-0.4, -0.2) is 35.6 Å². The van der Waals surface area contributed by atoms with E-state index in [0.717, 1.165) is 5.69 Å². The maximum atomic E-state index is 12.5. The second-order valence-electron chi connectivity index (χ2n) is 7.94. The first-order valence-corrected chi connectivity index (χ1v) is 9.85. The van der Waals surface area contributed by atoms with Gasteiger partial charge in [0.2, 0.25) is 0 Å². The summed E-state index contributed by atoms with van der Waals surface area (Å²) >= 11 is 0. The van der Waals surface area contributed by atoms with Gasteiger partial charge in [-0.1, -0.05) is 24.3 Å². The van der Waals surface area contributed by atoms with Gasteiger partial charge in [-0.25, -0.2) is 4.79 Å². The molecule has 7 heteroatoms. The number of carbonyl (C=O) groups is 2. The van der Waals surface area contributed by atoms with Gasteiger partial charge in [0.25, 0.3) is 5.91 Å². The van der Waals surface area contributed by atoms with Crippen LogP contribution in [0.15, 0.2) is 76.5 Å². The highest BCUT2D eigenvalue weighted by Gasteiger charge is 2.25. The summed E-state index contributed by atoms with van der Waals surface area (Å²) in [5.41, 5.74) is 2.27. The van der Waals surface area contributed by atoms with Gasteiger partial charge >= 0.3 is 6.09 Å². The molecule has 0 atom stereocenters. The monoisotopic (exact) mass is 406 g/mol. The number of benzene rings is 2. The Morgan fingerprint density at radius 1 is 0.967 bits per heavy atom. The summed E-state index contributed by atoms with van der Waals surface area (Å²) in [7, 11) is 0. The van der Waals surface area contributed by atoms with E-state index in [-0.39, 0.29) is 12.0 Å². The van der Waals surface area contributed by atoms with Gasteiger partial charge < -0.3 is 15.0 Å². The molecular weight excluding hydrogens is 380 g/mol. The van der Waals surface area contributed by atoms with Gasteiger partial charge in [-0.3, -0.25) is 4.79 Å². The maximum absolute atomic E-state index is 12.5. The Bertz CT molecular complexity index is 945. The molecule has 156 valence electrons. The van der Waals surface area contributed by atoms with Gasteiger partial charge in [0, 0.05) is 24.4 Å². The van der Waals surface area contributed by atoms with Crippen molar-refractivity contribution in [3.05, 3.63) is 66.2 Å². The molecule has 1 N–H and O–H groups in total. The van der Waals surface area contributed by atoms with Crippen molar-refractivity contribution in [2.24, 2.45) is 10.2 Å². The summed E-state index contributed by atoms with van der Waals surface area (Å²) < 4.78 is 5.37. The Hall–Kier alpha value is -3.48. The van der Waals surface area contributed by atoms with Crippen LogP contribution in [0.3, 0.4) is 0 Å². The minimum Gasteiger partial charge on any atom is -0.444 e. The molecule has 1 aliphatic heterocycles. The summed E-state index contributed by atoms with van der Waals surface area (Å²) in [5, 5.41) is 11.2. The lowest BCUT2D eigenvalue weighted by molar-refractivity contribution is -0.113. The van der Waals surface area contributed by atoms with E-state index in [1.54, 1.807) is 35.2 Å². The molecule has 2 aromatic carbocycles. The molecule has 0 bridgehead atoms. The fourth-order valence-corrected chi connectivity index (χ4v) is 2.80. The predicted octanol–water partition coefficient (Wildman–Crippen LogP) is 5.61. The molecule has 0 aromatic heterocycles. The van der Waals surface area contributed by atoms with Crippen molar-refractivity contribution < 1.29 is 14.3 Å². The van der Waals surface area contributed by atoms with Crippen molar-refractivity contribution in [2.75, 3.05) is 18.4 Å². The van der Waals surface area contributed by atoms with E-state index in [1.807, 2.05) is 51.1 Å². The Morgan fingerprint density at radius 3 is 2.17 bits per heavy atom. The second-order valence-corrected chi connectivity index (χ2v) is 7.94. The van der Waals surface area contributed by atoms with Gasteiger partial charge in [0.1, 0.15) is 5.60 Å². The first kappa shape index (κ1) is 21.2. The lowest BCUT2D eigenvalue weighted by Gasteiger charge is -2.29. The number of rotatable bonds is 4. The summed E-state index contributed by atoms with van der Waals surface area (Å²) in [5.74, 6) is -0.169. The number of hydrogen-bond acceptors (Lipinski definition) is 5. The molecule has 2 aromatic rings. The third kappa shape index (κ3) is 6.27. The largest absolute Gasteiger partial charge is 0.444 e. The maximum Gasteiger partial charge on any atom is 0.410 e. The van der Waals surface area contributed by atoms with Gasteiger partial charge in [-0.2, -0.15) is 10.2 Å². The number of amides is 2. The summed E-state index contributed by atoms with van der Waals surface area (Å²) in [6, 6.07) is 16.6. The van der Waals surface area contributed by atoms with Crippen molar-refractivity contribution in [3.8, 4) is 0 Å². The van der Waals surface area contributed by atoms with Crippen molar-refractivity contribution >= 4 is 29.1 Å². The lowest BCUT2D eigenvalue weighted by atomic mass is 10.1. The third-order valence-electron chi connectivity index (χ3n) is 4.31. The number of ether oxygens (including phenoxy) is 1. The summed E-state index contributed by atoms with van der Waals surface area (Å²) in [4.78, 5) is 26.2. The number of nitrogens with zero attached hydrogens (tertiary/aromatic N) is 3. The number of carbonyl (C=O) groups excluding carboxylic acids is 2. The normalized spacial score (nSPS) is 14.4. The van der Waals surface area contributed by atoms with Crippen LogP contribution in [0.4, 0.5) is 21.9 Å². The van der Waals surface area contributed by atoms with Crippen LogP contribution in [0.5, 0.6) is 0 Å². The highest BCUT2D eigenvalue weighted by atomic mass is 16.6.